The minimum atomic E-state index is -0.482. The molecular formula is C14H20N2O2S. The molecule has 1 aromatic carbocycles. The van der Waals surface area contributed by atoms with Crippen molar-refractivity contribution in [3.63, 3.8) is 0 Å². The monoisotopic (exact) mass is 280 g/mol. The quantitative estimate of drug-likeness (QED) is 0.876. The van der Waals surface area contributed by atoms with Crippen LogP contribution in [0.4, 0.5) is 10.5 Å². The summed E-state index contributed by atoms with van der Waals surface area (Å²) in [6.07, 6.45) is -0.482. The Balaban J connectivity index is 1.94. The standard InChI is InChI=1S/C14H20N2O2S/c1-10-9-16(7-8-19-10)14(18)15-13-5-3-12(4-6-13)11(2)17/h3-6,10-11,17H,7-9H2,1-2H3,(H,15,18). The number of rotatable bonds is 2. The van der Waals surface area contributed by atoms with Crippen molar-refractivity contribution in [3.05, 3.63) is 29.8 Å². The summed E-state index contributed by atoms with van der Waals surface area (Å²) in [4.78, 5) is 13.9. The van der Waals surface area contributed by atoms with Gasteiger partial charge in [-0.2, -0.15) is 11.8 Å². The summed E-state index contributed by atoms with van der Waals surface area (Å²) in [5.41, 5.74) is 1.61. The maximum absolute atomic E-state index is 12.1. The predicted octanol–water partition coefficient (Wildman–Crippen LogP) is 2.71. The Morgan fingerprint density at radius 2 is 2.16 bits per heavy atom. The zero-order chi connectivity index (χ0) is 13.8. The summed E-state index contributed by atoms with van der Waals surface area (Å²) < 4.78 is 0. The highest BCUT2D eigenvalue weighted by molar-refractivity contribution is 7.99. The van der Waals surface area contributed by atoms with Crippen molar-refractivity contribution in [1.29, 1.82) is 0 Å². The van der Waals surface area contributed by atoms with Gasteiger partial charge in [-0.1, -0.05) is 19.1 Å². The normalized spacial score (nSPS) is 21.0. The molecular weight excluding hydrogens is 260 g/mol. The van der Waals surface area contributed by atoms with Crippen LogP contribution in [0.2, 0.25) is 0 Å². The van der Waals surface area contributed by atoms with E-state index in [0.717, 1.165) is 30.1 Å². The van der Waals surface area contributed by atoms with Crippen molar-refractivity contribution >= 4 is 23.5 Å². The minimum absolute atomic E-state index is 0.0445. The topological polar surface area (TPSA) is 52.6 Å². The van der Waals surface area contributed by atoms with Gasteiger partial charge in [-0.3, -0.25) is 0 Å². The van der Waals surface area contributed by atoms with Gasteiger partial charge in [-0.15, -0.1) is 0 Å². The van der Waals surface area contributed by atoms with Gasteiger partial charge in [0.1, 0.15) is 0 Å². The molecule has 1 saturated heterocycles. The Morgan fingerprint density at radius 3 is 2.74 bits per heavy atom. The van der Waals surface area contributed by atoms with Crippen molar-refractivity contribution in [1.82, 2.24) is 4.90 Å². The summed E-state index contributed by atoms with van der Waals surface area (Å²) in [6.45, 7) is 5.46. The number of hydrogen-bond donors (Lipinski definition) is 2. The van der Waals surface area contributed by atoms with Crippen molar-refractivity contribution in [3.8, 4) is 0 Å². The molecule has 0 spiro atoms. The van der Waals surface area contributed by atoms with Gasteiger partial charge in [0.2, 0.25) is 0 Å². The number of nitrogens with zero attached hydrogens (tertiary/aromatic N) is 1. The molecule has 19 heavy (non-hydrogen) atoms. The van der Waals surface area contributed by atoms with E-state index < -0.39 is 6.10 Å². The molecule has 2 amide bonds. The minimum Gasteiger partial charge on any atom is -0.389 e. The second-order valence-corrected chi connectivity index (χ2v) is 6.40. The zero-order valence-corrected chi connectivity index (χ0v) is 12.1. The van der Waals surface area contributed by atoms with E-state index in [4.69, 9.17) is 0 Å². The Labute approximate surface area is 118 Å². The number of carbonyl (C=O) groups excluding carboxylic acids is 1. The third kappa shape index (κ3) is 3.88. The maximum atomic E-state index is 12.1. The number of aliphatic hydroxyl groups is 1. The number of urea groups is 1. The van der Waals surface area contributed by atoms with Crippen LogP contribution in [-0.4, -0.2) is 40.1 Å². The van der Waals surface area contributed by atoms with Gasteiger partial charge in [0.05, 0.1) is 6.10 Å². The molecule has 0 aliphatic carbocycles. The molecule has 2 atom stereocenters. The molecule has 1 aromatic rings. The van der Waals surface area contributed by atoms with Crippen LogP contribution in [0.15, 0.2) is 24.3 Å². The van der Waals surface area contributed by atoms with Crippen LogP contribution in [0.3, 0.4) is 0 Å². The average molecular weight is 280 g/mol. The third-order valence-electron chi connectivity index (χ3n) is 3.17. The lowest BCUT2D eigenvalue weighted by atomic mass is 10.1. The predicted molar refractivity (Wildman–Crippen MR) is 79.6 cm³/mol. The summed E-state index contributed by atoms with van der Waals surface area (Å²) >= 11 is 1.90. The van der Waals surface area contributed by atoms with E-state index in [1.54, 1.807) is 6.92 Å². The van der Waals surface area contributed by atoms with E-state index >= 15 is 0 Å². The van der Waals surface area contributed by atoms with Crippen LogP contribution in [0.25, 0.3) is 0 Å². The van der Waals surface area contributed by atoms with Gasteiger partial charge in [0.15, 0.2) is 0 Å². The first-order chi connectivity index (χ1) is 9.06. The molecule has 1 aliphatic heterocycles. The largest absolute Gasteiger partial charge is 0.389 e. The lowest BCUT2D eigenvalue weighted by Crippen LogP contribution is -2.43. The highest BCUT2D eigenvalue weighted by atomic mass is 32.2. The molecule has 104 valence electrons. The van der Waals surface area contributed by atoms with Crippen LogP contribution < -0.4 is 5.32 Å². The molecule has 0 aromatic heterocycles. The van der Waals surface area contributed by atoms with Crippen LogP contribution in [0.1, 0.15) is 25.5 Å². The zero-order valence-electron chi connectivity index (χ0n) is 11.3. The molecule has 5 heteroatoms. The molecule has 2 rings (SSSR count). The summed E-state index contributed by atoms with van der Waals surface area (Å²) in [5, 5.41) is 12.8. The average Bonchev–Trinajstić information content (AvgIpc) is 2.39. The first-order valence-corrected chi connectivity index (χ1v) is 7.56. The maximum Gasteiger partial charge on any atom is 0.321 e. The number of hydrogen-bond acceptors (Lipinski definition) is 3. The van der Waals surface area contributed by atoms with Crippen LogP contribution in [0, 0.1) is 0 Å². The van der Waals surface area contributed by atoms with Gasteiger partial charge in [0.25, 0.3) is 0 Å². The van der Waals surface area contributed by atoms with E-state index in [1.165, 1.54) is 0 Å². The van der Waals surface area contributed by atoms with E-state index in [1.807, 2.05) is 40.9 Å². The molecule has 0 radical (unpaired) electrons. The first kappa shape index (κ1) is 14.2. The van der Waals surface area contributed by atoms with Gasteiger partial charge in [0, 0.05) is 29.8 Å². The molecule has 1 heterocycles. The Kier molecular flexibility index (Phi) is 4.71. The van der Waals surface area contributed by atoms with Crippen LogP contribution in [-0.2, 0) is 0 Å². The highest BCUT2D eigenvalue weighted by Gasteiger charge is 2.21. The highest BCUT2D eigenvalue weighted by Crippen LogP contribution is 2.19. The number of amides is 2. The molecule has 1 fully saturated rings. The van der Waals surface area contributed by atoms with Gasteiger partial charge in [-0.05, 0) is 24.6 Å². The lowest BCUT2D eigenvalue weighted by molar-refractivity contribution is 0.199. The Bertz CT molecular complexity index is 434. The third-order valence-corrected chi connectivity index (χ3v) is 4.31. The molecule has 0 saturated carbocycles. The molecule has 1 aliphatic rings. The van der Waals surface area contributed by atoms with Gasteiger partial charge in [-0.25, -0.2) is 4.79 Å². The van der Waals surface area contributed by atoms with Crippen molar-refractivity contribution < 1.29 is 9.90 Å². The fourth-order valence-electron chi connectivity index (χ4n) is 2.05. The van der Waals surface area contributed by atoms with E-state index in [0.29, 0.717) is 5.25 Å². The molecule has 4 nitrogen and oxygen atoms in total. The number of anilines is 1. The number of benzene rings is 1. The summed E-state index contributed by atoms with van der Waals surface area (Å²) in [7, 11) is 0. The summed E-state index contributed by atoms with van der Waals surface area (Å²) in [5.74, 6) is 0.996. The number of aliphatic hydroxyl groups excluding tert-OH is 1. The second-order valence-electron chi connectivity index (χ2n) is 4.86. The van der Waals surface area contributed by atoms with Gasteiger partial charge < -0.3 is 15.3 Å². The van der Waals surface area contributed by atoms with Crippen molar-refractivity contribution in [2.75, 3.05) is 24.2 Å². The van der Waals surface area contributed by atoms with E-state index in [9.17, 15) is 9.90 Å². The van der Waals surface area contributed by atoms with E-state index in [2.05, 4.69) is 12.2 Å². The molecule has 2 unspecified atom stereocenters. The fourth-order valence-corrected chi connectivity index (χ4v) is 3.06. The lowest BCUT2D eigenvalue weighted by Gasteiger charge is -2.30. The first-order valence-electron chi connectivity index (χ1n) is 6.52. The number of carbonyl (C=O) groups is 1. The SMILES string of the molecule is CC1CN(C(=O)Nc2ccc(C(C)O)cc2)CCS1. The van der Waals surface area contributed by atoms with Gasteiger partial charge >= 0.3 is 6.03 Å². The van der Waals surface area contributed by atoms with Crippen LogP contribution >= 0.6 is 11.8 Å². The van der Waals surface area contributed by atoms with Crippen molar-refractivity contribution in [2.24, 2.45) is 0 Å². The number of nitrogens with one attached hydrogen (secondary N) is 1. The summed E-state index contributed by atoms with van der Waals surface area (Å²) in [6, 6.07) is 7.26. The van der Waals surface area contributed by atoms with Crippen LogP contribution in [0.5, 0.6) is 0 Å². The Morgan fingerprint density at radius 1 is 1.47 bits per heavy atom. The Hall–Kier alpha value is -1.20. The molecule has 0 bridgehead atoms. The fraction of sp³-hybridized carbons (Fsp3) is 0.500. The smallest absolute Gasteiger partial charge is 0.321 e. The second kappa shape index (κ2) is 6.30. The van der Waals surface area contributed by atoms with Crippen molar-refractivity contribution in [2.45, 2.75) is 25.2 Å². The molecule has 2 N–H and O–H groups in total. The number of thioether (sulfide) groups is 1. The van der Waals surface area contributed by atoms with E-state index in [-0.39, 0.29) is 6.03 Å².